The summed E-state index contributed by atoms with van der Waals surface area (Å²) in [6.07, 6.45) is 1.06. The molecule has 0 saturated carbocycles. The Labute approximate surface area is 133 Å². The van der Waals surface area contributed by atoms with E-state index in [1.807, 2.05) is 50.2 Å². The van der Waals surface area contributed by atoms with Crippen LogP contribution in [-0.4, -0.2) is 5.97 Å². The Balaban J connectivity index is 2.03. The number of hydrogen-bond donors (Lipinski definition) is 0. The molecule has 0 aliphatic carbocycles. The van der Waals surface area contributed by atoms with Gasteiger partial charge >= 0.3 is 5.97 Å². The van der Waals surface area contributed by atoms with Crippen LogP contribution in [0.25, 0.3) is 0 Å². The third-order valence-electron chi connectivity index (χ3n) is 3.69. The molecule has 2 nitrogen and oxygen atoms in total. The van der Waals surface area contributed by atoms with Crippen LogP contribution in [0.3, 0.4) is 0 Å². The molecule has 0 fully saturated rings. The molecular weight excluding hydrogens is 272 g/mol. The van der Waals surface area contributed by atoms with E-state index >= 15 is 0 Å². The minimum atomic E-state index is -0.270. The van der Waals surface area contributed by atoms with Crippen LogP contribution in [0.1, 0.15) is 43.4 Å². The Hall–Kier alpha value is -2.09. The normalized spacial score (nSPS) is 12.2. The predicted molar refractivity (Wildman–Crippen MR) is 90.2 cm³/mol. The highest BCUT2D eigenvalue weighted by atomic mass is 16.5. The van der Waals surface area contributed by atoms with E-state index in [0.29, 0.717) is 11.7 Å². The summed E-state index contributed by atoms with van der Waals surface area (Å²) in [4.78, 5) is 12.3. The summed E-state index contributed by atoms with van der Waals surface area (Å²) in [7, 11) is 0. The summed E-state index contributed by atoms with van der Waals surface area (Å²) in [6.45, 7) is 8.27. The highest BCUT2D eigenvalue weighted by molar-refractivity contribution is 5.79. The van der Waals surface area contributed by atoms with Crippen LogP contribution in [0.5, 0.6) is 5.75 Å². The second-order valence-corrected chi connectivity index (χ2v) is 6.30. The van der Waals surface area contributed by atoms with Crippen molar-refractivity contribution in [3.05, 3.63) is 65.2 Å². The topological polar surface area (TPSA) is 26.3 Å². The van der Waals surface area contributed by atoms with Crippen LogP contribution in [0, 0.1) is 12.8 Å². The fourth-order valence-electron chi connectivity index (χ4n) is 2.43. The summed E-state index contributed by atoms with van der Waals surface area (Å²) in [5.41, 5.74) is 3.37. The highest BCUT2D eigenvalue weighted by Crippen LogP contribution is 2.21. The number of rotatable bonds is 5. The van der Waals surface area contributed by atoms with Crippen LogP contribution in [0.15, 0.2) is 48.5 Å². The van der Waals surface area contributed by atoms with Crippen molar-refractivity contribution >= 4 is 5.97 Å². The Morgan fingerprint density at radius 1 is 1.05 bits per heavy atom. The summed E-state index contributed by atoms with van der Waals surface area (Å²) in [6, 6.07) is 15.8. The molecule has 116 valence electrons. The molecule has 2 aromatic carbocycles. The van der Waals surface area contributed by atoms with Gasteiger partial charge < -0.3 is 4.74 Å². The molecule has 22 heavy (non-hydrogen) atoms. The number of benzene rings is 2. The van der Waals surface area contributed by atoms with Gasteiger partial charge in [-0.1, -0.05) is 50.2 Å². The number of aryl methyl sites for hydroxylation is 1. The minimum absolute atomic E-state index is 0.220. The fourth-order valence-corrected chi connectivity index (χ4v) is 2.43. The quantitative estimate of drug-likeness (QED) is 0.579. The molecule has 0 aliphatic rings. The molecule has 2 rings (SSSR count). The Bertz CT molecular complexity index is 626. The first-order valence-corrected chi connectivity index (χ1v) is 7.83. The lowest BCUT2D eigenvalue weighted by molar-refractivity contribution is -0.135. The zero-order valence-electron chi connectivity index (χ0n) is 13.8. The first-order chi connectivity index (χ1) is 10.5. The molecule has 2 aromatic rings. The van der Waals surface area contributed by atoms with E-state index in [9.17, 15) is 4.79 Å². The number of ether oxygens (including phenoxy) is 1. The zero-order valence-corrected chi connectivity index (χ0v) is 13.8. The summed E-state index contributed by atoms with van der Waals surface area (Å²) >= 11 is 0. The van der Waals surface area contributed by atoms with E-state index in [1.54, 1.807) is 0 Å². The van der Waals surface area contributed by atoms with Crippen LogP contribution in [0.4, 0.5) is 0 Å². The van der Waals surface area contributed by atoms with Crippen molar-refractivity contribution in [2.45, 2.75) is 40.0 Å². The third-order valence-corrected chi connectivity index (χ3v) is 3.69. The zero-order chi connectivity index (χ0) is 16.1. The van der Waals surface area contributed by atoms with Crippen LogP contribution >= 0.6 is 0 Å². The number of hydrogen-bond acceptors (Lipinski definition) is 2. The second kappa shape index (κ2) is 7.26. The SMILES string of the molecule is Cc1cccc(OC(=O)C(C)c2ccc(CC(C)C)cc2)c1. The summed E-state index contributed by atoms with van der Waals surface area (Å²) in [5, 5.41) is 0. The predicted octanol–water partition coefficient (Wildman–Crippen LogP) is 4.90. The summed E-state index contributed by atoms with van der Waals surface area (Å²) < 4.78 is 5.47. The van der Waals surface area contributed by atoms with Crippen molar-refractivity contribution in [2.24, 2.45) is 5.92 Å². The van der Waals surface area contributed by atoms with Crippen LogP contribution in [0.2, 0.25) is 0 Å². The largest absolute Gasteiger partial charge is 0.426 e. The van der Waals surface area contributed by atoms with Gasteiger partial charge in [0.15, 0.2) is 0 Å². The van der Waals surface area contributed by atoms with E-state index in [1.165, 1.54) is 5.56 Å². The van der Waals surface area contributed by atoms with Gasteiger partial charge in [0.25, 0.3) is 0 Å². The lowest BCUT2D eigenvalue weighted by atomic mass is 9.97. The lowest BCUT2D eigenvalue weighted by Crippen LogP contribution is -2.16. The van der Waals surface area contributed by atoms with Crippen LogP contribution < -0.4 is 4.74 Å². The minimum Gasteiger partial charge on any atom is -0.426 e. The Morgan fingerprint density at radius 3 is 2.32 bits per heavy atom. The van der Waals surface area contributed by atoms with E-state index in [4.69, 9.17) is 4.74 Å². The number of carbonyl (C=O) groups is 1. The molecular formula is C20H24O2. The molecule has 0 saturated heterocycles. The maximum atomic E-state index is 12.3. The molecule has 2 heteroatoms. The monoisotopic (exact) mass is 296 g/mol. The van der Waals surface area contributed by atoms with Gasteiger partial charge in [0.2, 0.25) is 0 Å². The fraction of sp³-hybridized carbons (Fsp3) is 0.350. The average Bonchev–Trinajstić information content (AvgIpc) is 2.46. The smallest absolute Gasteiger partial charge is 0.318 e. The van der Waals surface area contributed by atoms with Crippen molar-refractivity contribution in [2.75, 3.05) is 0 Å². The Morgan fingerprint density at radius 2 is 1.73 bits per heavy atom. The first-order valence-electron chi connectivity index (χ1n) is 7.83. The molecule has 0 aromatic heterocycles. The molecule has 0 spiro atoms. The molecule has 1 atom stereocenters. The van der Waals surface area contributed by atoms with E-state index in [0.717, 1.165) is 17.5 Å². The highest BCUT2D eigenvalue weighted by Gasteiger charge is 2.17. The van der Waals surface area contributed by atoms with Gasteiger partial charge in [0, 0.05) is 0 Å². The van der Waals surface area contributed by atoms with Gasteiger partial charge in [-0.05, 0) is 55.0 Å². The summed E-state index contributed by atoms with van der Waals surface area (Å²) in [5.74, 6) is 0.749. The van der Waals surface area contributed by atoms with Gasteiger partial charge in [-0.3, -0.25) is 4.79 Å². The van der Waals surface area contributed by atoms with Gasteiger partial charge in [0.05, 0.1) is 5.92 Å². The van der Waals surface area contributed by atoms with Crippen molar-refractivity contribution in [1.82, 2.24) is 0 Å². The van der Waals surface area contributed by atoms with Crippen molar-refractivity contribution in [3.8, 4) is 5.75 Å². The second-order valence-electron chi connectivity index (χ2n) is 6.30. The lowest BCUT2D eigenvalue weighted by Gasteiger charge is -2.13. The van der Waals surface area contributed by atoms with Gasteiger partial charge in [0.1, 0.15) is 5.75 Å². The van der Waals surface area contributed by atoms with Crippen molar-refractivity contribution in [1.29, 1.82) is 0 Å². The molecule has 0 amide bonds. The van der Waals surface area contributed by atoms with E-state index in [-0.39, 0.29) is 11.9 Å². The molecule has 1 unspecified atom stereocenters. The maximum Gasteiger partial charge on any atom is 0.318 e. The molecule has 0 N–H and O–H groups in total. The number of esters is 1. The average molecular weight is 296 g/mol. The van der Waals surface area contributed by atoms with Crippen LogP contribution in [-0.2, 0) is 11.2 Å². The Kier molecular flexibility index (Phi) is 5.37. The number of carbonyl (C=O) groups excluding carboxylic acids is 1. The van der Waals surface area contributed by atoms with Crippen molar-refractivity contribution < 1.29 is 9.53 Å². The molecule has 0 radical (unpaired) electrons. The maximum absolute atomic E-state index is 12.3. The molecule has 0 bridgehead atoms. The van der Waals surface area contributed by atoms with Gasteiger partial charge in [-0.15, -0.1) is 0 Å². The first kappa shape index (κ1) is 16.3. The third kappa shape index (κ3) is 4.45. The standard InChI is InChI=1S/C20H24O2/c1-14(2)12-17-8-10-18(11-9-17)16(4)20(21)22-19-7-5-6-15(3)13-19/h5-11,13-14,16H,12H2,1-4H3. The van der Waals surface area contributed by atoms with E-state index < -0.39 is 0 Å². The van der Waals surface area contributed by atoms with Gasteiger partial charge in [-0.2, -0.15) is 0 Å². The molecule has 0 aliphatic heterocycles. The molecule has 0 heterocycles. The van der Waals surface area contributed by atoms with E-state index in [2.05, 4.69) is 26.0 Å². The van der Waals surface area contributed by atoms with Gasteiger partial charge in [-0.25, -0.2) is 0 Å². The van der Waals surface area contributed by atoms with Crippen molar-refractivity contribution in [3.63, 3.8) is 0 Å².